The topological polar surface area (TPSA) is 0 Å². The van der Waals surface area contributed by atoms with Crippen molar-refractivity contribution in [3.8, 4) is 0 Å². The van der Waals surface area contributed by atoms with E-state index in [1.807, 2.05) is 22.3 Å². The van der Waals surface area contributed by atoms with E-state index in [4.69, 9.17) is 0 Å². The quantitative estimate of drug-likeness (QED) is 0.665. The summed E-state index contributed by atoms with van der Waals surface area (Å²) >= 11 is 1.86. The van der Waals surface area contributed by atoms with Gasteiger partial charge in [-0.15, -0.1) is 0 Å². The van der Waals surface area contributed by atoms with Crippen molar-refractivity contribution in [2.45, 2.75) is 17.3 Å². The molecule has 0 amide bonds. The minimum atomic E-state index is 0.343. The van der Waals surface area contributed by atoms with Gasteiger partial charge in [-0.25, -0.2) is 0 Å². The molecule has 0 atom stereocenters. The second-order valence-electron chi connectivity index (χ2n) is 2.93. The predicted octanol–water partition coefficient (Wildman–Crippen LogP) is 1.82. The van der Waals surface area contributed by atoms with Gasteiger partial charge in [0.2, 0.25) is 0 Å². The SMILES string of the molecule is CC(C)([TeH])c1ccccc1. The molecule has 0 fully saturated rings. The molecule has 1 rings (SSSR count). The molecule has 10 heavy (non-hydrogen) atoms. The number of rotatable bonds is 1. The van der Waals surface area contributed by atoms with E-state index in [0.717, 1.165) is 0 Å². The van der Waals surface area contributed by atoms with E-state index in [2.05, 4.69) is 44.2 Å². The van der Waals surface area contributed by atoms with Crippen LogP contribution in [0.1, 0.15) is 19.4 Å². The Morgan fingerprint density at radius 3 is 1.90 bits per heavy atom. The van der Waals surface area contributed by atoms with Gasteiger partial charge >= 0.3 is 75.5 Å². The van der Waals surface area contributed by atoms with Gasteiger partial charge < -0.3 is 0 Å². The van der Waals surface area contributed by atoms with E-state index in [9.17, 15) is 0 Å². The zero-order chi connectivity index (χ0) is 7.61. The van der Waals surface area contributed by atoms with Crippen molar-refractivity contribution in [1.82, 2.24) is 0 Å². The van der Waals surface area contributed by atoms with Crippen LogP contribution in [0.5, 0.6) is 0 Å². The Balaban J connectivity index is 2.97. The molecule has 0 spiro atoms. The summed E-state index contributed by atoms with van der Waals surface area (Å²) in [7, 11) is 0. The Morgan fingerprint density at radius 1 is 1.10 bits per heavy atom. The summed E-state index contributed by atoms with van der Waals surface area (Å²) in [5.74, 6) is 0. The van der Waals surface area contributed by atoms with Gasteiger partial charge in [0, 0.05) is 0 Å². The van der Waals surface area contributed by atoms with Crippen molar-refractivity contribution in [3.05, 3.63) is 35.9 Å². The van der Waals surface area contributed by atoms with Crippen LogP contribution in [0.4, 0.5) is 0 Å². The van der Waals surface area contributed by atoms with Gasteiger partial charge in [0.1, 0.15) is 0 Å². The van der Waals surface area contributed by atoms with Crippen molar-refractivity contribution in [2.75, 3.05) is 0 Å². The third-order valence-corrected chi connectivity index (χ3v) is 2.22. The molecule has 1 heteroatoms. The molecule has 0 bridgehead atoms. The minimum absolute atomic E-state index is 0.343. The molecular formula is C9H12Te. The van der Waals surface area contributed by atoms with Crippen LogP contribution in [-0.2, 0) is 3.46 Å². The third-order valence-electron chi connectivity index (χ3n) is 1.48. The molecule has 0 saturated carbocycles. The summed E-state index contributed by atoms with van der Waals surface area (Å²) in [5.41, 5.74) is 1.42. The molecule has 0 N–H and O–H groups in total. The van der Waals surface area contributed by atoms with E-state index in [1.165, 1.54) is 5.56 Å². The van der Waals surface area contributed by atoms with Gasteiger partial charge in [0.05, 0.1) is 0 Å². The van der Waals surface area contributed by atoms with E-state index >= 15 is 0 Å². The zero-order valence-electron chi connectivity index (χ0n) is 6.33. The monoisotopic (exact) mass is 250 g/mol. The van der Waals surface area contributed by atoms with Crippen LogP contribution in [0.3, 0.4) is 0 Å². The summed E-state index contributed by atoms with van der Waals surface area (Å²) in [6, 6.07) is 10.6. The first-order chi connectivity index (χ1) is 4.61. The van der Waals surface area contributed by atoms with Crippen LogP contribution in [0, 0.1) is 0 Å². The molecule has 0 aliphatic heterocycles. The summed E-state index contributed by atoms with van der Waals surface area (Å²) < 4.78 is 0.343. The first kappa shape index (κ1) is 8.11. The third kappa shape index (κ3) is 2.01. The molecule has 1 aromatic carbocycles. The van der Waals surface area contributed by atoms with Gasteiger partial charge in [-0.2, -0.15) is 0 Å². The average Bonchev–Trinajstić information content (AvgIpc) is 1.88. The fraction of sp³-hybridized carbons (Fsp3) is 0.333. The second kappa shape index (κ2) is 2.94. The van der Waals surface area contributed by atoms with E-state index in [0.29, 0.717) is 3.46 Å². The molecule has 0 unspecified atom stereocenters. The molecule has 0 radical (unpaired) electrons. The number of benzene rings is 1. The Kier molecular flexibility index (Phi) is 2.39. The van der Waals surface area contributed by atoms with Crippen LogP contribution in [0.2, 0.25) is 0 Å². The first-order valence-corrected chi connectivity index (χ1v) is 4.66. The van der Waals surface area contributed by atoms with E-state index < -0.39 is 0 Å². The molecule has 1 aromatic rings. The fourth-order valence-electron chi connectivity index (χ4n) is 0.846. The van der Waals surface area contributed by atoms with E-state index in [1.54, 1.807) is 0 Å². The molecule has 0 nitrogen and oxygen atoms in total. The van der Waals surface area contributed by atoms with E-state index in [-0.39, 0.29) is 0 Å². The molecule has 0 aliphatic carbocycles. The average molecular weight is 248 g/mol. The Labute approximate surface area is 75.6 Å². The maximum absolute atomic E-state index is 2.25. The number of hydrogen-bond donors (Lipinski definition) is 0. The van der Waals surface area contributed by atoms with Crippen LogP contribution in [-0.4, -0.2) is 22.3 Å². The number of hydrogen-bond acceptors (Lipinski definition) is 0. The molecule has 0 aromatic heterocycles. The fourth-order valence-corrected chi connectivity index (χ4v) is 1.27. The van der Waals surface area contributed by atoms with Crippen LogP contribution in [0.25, 0.3) is 0 Å². The molecule has 0 saturated heterocycles. The standard InChI is InChI=1S/C9H12Te/c1-9(2,10)8-6-4-3-5-7-8/h3-7,10H,1-2H3. The molecule has 0 heterocycles. The second-order valence-corrected chi connectivity index (χ2v) is 6.12. The Bertz CT molecular complexity index is 196. The molecule has 54 valence electrons. The van der Waals surface area contributed by atoms with Crippen molar-refractivity contribution in [3.63, 3.8) is 0 Å². The summed E-state index contributed by atoms with van der Waals surface area (Å²) in [6.45, 7) is 4.49. The summed E-state index contributed by atoms with van der Waals surface area (Å²) in [5, 5.41) is 0. The zero-order valence-corrected chi connectivity index (χ0v) is 8.89. The van der Waals surface area contributed by atoms with Gasteiger partial charge in [-0.1, -0.05) is 0 Å². The Morgan fingerprint density at radius 2 is 1.60 bits per heavy atom. The first-order valence-electron chi connectivity index (χ1n) is 3.38. The van der Waals surface area contributed by atoms with Crippen LogP contribution < -0.4 is 0 Å². The van der Waals surface area contributed by atoms with Crippen LogP contribution >= 0.6 is 0 Å². The summed E-state index contributed by atoms with van der Waals surface area (Å²) in [6.07, 6.45) is 0. The van der Waals surface area contributed by atoms with Crippen molar-refractivity contribution < 1.29 is 0 Å². The van der Waals surface area contributed by atoms with Crippen molar-refractivity contribution >= 4 is 22.3 Å². The van der Waals surface area contributed by atoms with Gasteiger partial charge in [-0.3, -0.25) is 0 Å². The molecular weight excluding hydrogens is 236 g/mol. The summed E-state index contributed by atoms with van der Waals surface area (Å²) in [4.78, 5) is 0. The normalized spacial score (nSPS) is 11.5. The maximum atomic E-state index is 2.25. The van der Waals surface area contributed by atoms with Gasteiger partial charge in [0.25, 0.3) is 0 Å². The molecule has 0 aliphatic rings. The van der Waals surface area contributed by atoms with Crippen molar-refractivity contribution in [2.24, 2.45) is 0 Å². The van der Waals surface area contributed by atoms with Gasteiger partial charge in [0.15, 0.2) is 0 Å². The predicted molar refractivity (Wildman–Crippen MR) is 46.6 cm³/mol. The van der Waals surface area contributed by atoms with Crippen LogP contribution in [0.15, 0.2) is 30.3 Å². The van der Waals surface area contributed by atoms with Gasteiger partial charge in [-0.05, 0) is 0 Å². The van der Waals surface area contributed by atoms with Crippen molar-refractivity contribution in [1.29, 1.82) is 0 Å². The Hall–Kier alpha value is 0.00961.